The first-order chi connectivity index (χ1) is 8.43. The fraction of sp³-hybridized carbons (Fsp3) is 0.0909. The highest BCUT2D eigenvalue weighted by Crippen LogP contribution is 2.14. The molecule has 18 heavy (non-hydrogen) atoms. The van der Waals surface area contributed by atoms with Crippen molar-refractivity contribution in [2.24, 2.45) is 7.05 Å². The maximum absolute atomic E-state index is 11.8. The summed E-state index contributed by atoms with van der Waals surface area (Å²) >= 11 is 1.60. The SMILES string of the molecule is Cn1c(=O)c2cc3c(=O)n(I)c(=O)c3cc2c1=O. The molecule has 2 aromatic heterocycles. The standard InChI is InChI=1S/C11H5IN2O4/c1-13-8(15)4-2-6-7(3-5(4)9(13)16)11(18)14(12)10(6)17/h2-3H,1H3. The van der Waals surface area contributed by atoms with Gasteiger partial charge in [0.1, 0.15) is 0 Å². The highest BCUT2D eigenvalue weighted by Gasteiger charge is 2.17. The second-order valence-electron chi connectivity index (χ2n) is 4.00. The number of rotatable bonds is 0. The molecule has 3 aromatic rings. The molecular weight excluding hydrogens is 351 g/mol. The molecule has 0 radical (unpaired) electrons. The summed E-state index contributed by atoms with van der Waals surface area (Å²) in [7, 11) is 1.37. The summed E-state index contributed by atoms with van der Waals surface area (Å²) in [5.41, 5.74) is -1.84. The van der Waals surface area contributed by atoms with Gasteiger partial charge >= 0.3 is 0 Å². The Morgan fingerprint density at radius 1 is 0.778 bits per heavy atom. The van der Waals surface area contributed by atoms with Gasteiger partial charge in [-0.3, -0.25) is 23.7 Å². The number of fused-ring (bicyclic) bond motifs is 2. The van der Waals surface area contributed by atoms with Crippen LogP contribution in [-0.2, 0) is 7.05 Å². The van der Waals surface area contributed by atoms with E-state index in [9.17, 15) is 19.2 Å². The van der Waals surface area contributed by atoms with Crippen LogP contribution in [-0.4, -0.2) is 7.35 Å². The zero-order valence-corrected chi connectivity index (χ0v) is 11.2. The van der Waals surface area contributed by atoms with Crippen molar-refractivity contribution in [3.63, 3.8) is 0 Å². The van der Waals surface area contributed by atoms with E-state index >= 15 is 0 Å². The van der Waals surface area contributed by atoms with Crippen molar-refractivity contribution in [1.82, 2.24) is 7.35 Å². The quantitative estimate of drug-likeness (QED) is 0.516. The number of nitrogens with zero attached hydrogens (tertiary/aromatic N) is 2. The van der Waals surface area contributed by atoms with Crippen LogP contribution in [0.25, 0.3) is 21.5 Å². The number of hydrogen-bond donors (Lipinski definition) is 0. The second-order valence-corrected chi connectivity index (χ2v) is 4.97. The van der Waals surface area contributed by atoms with Crippen molar-refractivity contribution in [2.75, 3.05) is 0 Å². The summed E-state index contributed by atoms with van der Waals surface area (Å²) in [6.45, 7) is 0. The van der Waals surface area contributed by atoms with E-state index in [1.807, 2.05) is 0 Å². The Labute approximate surface area is 112 Å². The van der Waals surface area contributed by atoms with E-state index in [-0.39, 0.29) is 21.5 Å². The summed E-state index contributed by atoms with van der Waals surface area (Å²) in [4.78, 5) is 47.1. The predicted molar refractivity (Wildman–Crippen MR) is 75.3 cm³/mol. The van der Waals surface area contributed by atoms with Crippen LogP contribution in [0, 0.1) is 0 Å². The van der Waals surface area contributed by atoms with Gasteiger partial charge < -0.3 is 0 Å². The van der Waals surface area contributed by atoms with Gasteiger partial charge in [0, 0.05) is 7.05 Å². The summed E-state index contributed by atoms with van der Waals surface area (Å²) in [6, 6.07) is 2.65. The summed E-state index contributed by atoms with van der Waals surface area (Å²) in [6.07, 6.45) is 0. The lowest BCUT2D eigenvalue weighted by atomic mass is 10.1. The second kappa shape index (κ2) is 3.37. The monoisotopic (exact) mass is 356 g/mol. The average Bonchev–Trinajstić information content (AvgIpc) is 2.71. The number of halogens is 1. The van der Waals surface area contributed by atoms with Gasteiger partial charge in [-0.2, -0.15) is 0 Å². The molecule has 0 aliphatic carbocycles. The summed E-state index contributed by atoms with van der Waals surface area (Å²) in [5.74, 6) is 0. The molecule has 7 heteroatoms. The highest BCUT2D eigenvalue weighted by atomic mass is 127. The Kier molecular flexibility index (Phi) is 2.12. The summed E-state index contributed by atoms with van der Waals surface area (Å²) < 4.78 is 1.91. The van der Waals surface area contributed by atoms with Gasteiger partial charge in [-0.1, -0.05) is 0 Å². The first-order valence-electron chi connectivity index (χ1n) is 4.98. The third-order valence-electron chi connectivity index (χ3n) is 3.05. The fourth-order valence-electron chi connectivity index (χ4n) is 2.06. The fourth-order valence-corrected chi connectivity index (χ4v) is 2.58. The normalized spacial score (nSPS) is 11.7. The molecule has 0 bridgehead atoms. The molecule has 0 amide bonds. The predicted octanol–water partition coefficient (Wildman–Crippen LogP) is -0.352. The zero-order valence-electron chi connectivity index (χ0n) is 9.06. The molecule has 0 aliphatic heterocycles. The van der Waals surface area contributed by atoms with Gasteiger partial charge in [-0.15, -0.1) is 0 Å². The van der Waals surface area contributed by atoms with Crippen LogP contribution in [0.3, 0.4) is 0 Å². The van der Waals surface area contributed by atoms with Gasteiger partial charge in [-0.05, 0) is 12.1 Å². The highest BCUT2D eigenvalue weighted by molar-refractivity contribution is 14.1. The van der Waals surface area contributed by atoms with Crippen LogP contribution < -0.4 is 22.2 Å². The smallest absolute Gasteiger partial charge is 0.270 e. The lowest BCUT2D eigenvalue weighted by Gasteiger charge is -1.86. The minimum Gasteiger partial charge on any atom is -0.277 e. The molecule has 0 saturated heterocycles. The Morgan fingerprint density at radius 2 is 1.11 bits per heavy atom. The Morgan fingerprint density at radius 3 is 1.50 bits per heavy atom. The van der Waals surface area contributed by atoms with E-state index in [4.69, 9.17) is 0 Å². The third-order valence-corrected chi connectivity index (χ3v) is 3.92. The van der Waals surface area contributed by atoms with Crippen LogP contribution in [0.2, 0.25) is 0 Å². The third kappa shape index (κ3) is 1.17. The average molecular weight is 356 g/mol. The Balaban J connectivity index is 2.78. The van der Waals surface area contributed by atoms with Crippen molar-refractivity contribution in [1.29, 1.82) is 0 Å². The lowest BCUT2D eigenvalue weighted by Crippen LogP contribution is -2.21. The van der Waals surface area contributed by atoms with Crippen LogP contribution in [0.15, 0.2) is 31.3 Å². The van der Waals surface area contributed by atoms with Crippen molar-refractivity contribution < 1.29 is 0 Å². The van der Waals surface area contributed by atoms with Gasteiger partial charge in [0.15, 0.2) is 0 Å². The van der Waals surface area contributed by atoms with Gasteiger partial charge in [0.2, 0.25) is 0 Å². The molecule has 0 atom stereocenters. The van der Waals surface area contributed by atoms with Crippen molar-refractivity contribution in [3.8, 4) is 0 Å². The van der Waals surface area contributed by atoms with Crippen LogP contribution >= 0.6 is 22.9 Å². The molecule has 90 valence electrons. The van der Waals surface area contributed by atoms with Crippen LogP contribution in [0.5, 0.6) is 0 Å². The molecule has 0 aliphatic rings. The number of benzene rings is 1. The maximum Gasteiger partial charge on any atom is 0.270 e. The first-order valence-corrected chi connectivity index (χ1v) is 5.95. The van der Waals surface area contributed by atoms with Crippen molar-refractivity contribution in [2.45, 2.75) is 0 Å². The molecule has 0 fully saturated rings. The lowest BCUT2D eigenvalue weighted by molar-refractivity contribution is 0.856. The molecule has 1 aromatic carbocycles. The number of hydrogen-bond acceptors (Lipinski definition) is 4. The van der Waals surface area contributed by atoms with E-state index in [0.717, 1.165) is 7.35 Å². The van der Waals surface area contributed by atoms with E-state index in [1.54, 1.807) is 22.9 Å². The minimum absolute atomic E-state index is 0.171. The molecule has 0 N–H and O–H groups in total. The molecule has 6 nitrogen and oxygen atoms in total. The van der Waals surface area contributed by atoms with Crippen molar-refractivity contribution in [3.05, 3.63) is 53.5 Å². The maximum atomic E-state index is 11.8. The van der Waals surface area contributed by atoms with Crippen LogP contribution in [0.1, 0.15) is 0 Å². The van der Waals surface area contributed by atoms with Gasteiger partial charge in [0.05, 0.1) is 44.4 Å². The Hall–Kier alpha value is -1.77. The molecule has 0 unspecified atom stereocenters. The molecule has 2 heterocycles. The van der Waals surface area contributed by atoms with Crippen LogP contribution in [0.4, 0.5) is 0 Å². The van der Waals surface area contributed by atoms with E-state index in [1.165, 1.54) is 19.2 Å². The zero-order chi connectivity index (χ0) is 13.2. The van der Waals surface area contributed by atoms with Crippen molar-refractivity contribution >= 4 is 44.4 Å². The molecular formula is C11H5IN2O4. The molecule has 3 rings (SSSR count). The van der Waals surface area contributed by atoms with E-state index in [0.29, 0.717) is 0 Å². The van der Waals surface area contributed by atoms with Gasteiger partial charge in [-0.25, -0.2) is 2.78 Å². The van der Waals surface area contributed by atoms with Gasteiger partial charge in [0.25, 0.3) is 22.2 Å². The largest absolute Gasteiger partial charge is 0.277 e. The topological polar surface area (TPSA) is 78.1 Å². The molecule has 0 saturated carbocycles. The minimum atomic E-state index is -0.465. The number of aromatic nitrogens is 2. The first kappa shape index (κ1) is 11.3. The Bertz CT molecular complexity index is 859. The van der Waals surface area contributed by atoms with E-state index in [2.05, 4.69) is 0 Å². The van der Waals surface area contributed by atoms with E-state index < -0.39 is 22.2 Å². The summed E-state index contributed by atoms with van der Waals surface area (Å²) in [5, 5.41) is 0.692. The molecule has 0 spiro atoms.